The van der Waals surface area contributed by atoms with Crippen molar-refractivity contribution in [3.8, 4) is 0 Å². The van der Waals surface area contributed by atoms with Gasteiger partial charge >= 0.3 is 0 Å². The second-order valence-corrected chi connectivity index (χ2v) is 5.87. The predicted octanol–water partition coefficient (Wildman–Crippen LogP) is 0.493. The fourth-order valence-corrected chi connectivity index (χ4v) is 3.01. The molecule has 2 heterocycles. The summed E-state index contributed by atoms with van der Waals surface area (Å²) in [5.74, 6) is -0.736. The minimum atomic E-state index is -0.311. The molecular formula is C16H19N3O3. The molecule has 1 aromatic carbocycles. The zero-order valence-electron chi connectivity index (χ0n) is 12.5. The lowest BCUT2D eigenvalue weighted by Crippen LogP contribution is -2.39. The monoisotopic (exact) mass is 301 g/mol. The van der Waals surface area contributed by atoms with Gasteiger partial charge in [0.25, 0.3) is 11.8 Å². The molecule has 3 rings (SSSR count). The largest absolute Gasteiger partial charge is 0.352 e. The van der Waals surface area contributed by atoms with Crippen LogP contribution in [0.1, 0.15) is 33.6 Å². The normalized spacial score (nSPS) is 21.3. The van der Waals surface area contributed by atoms with E-state index >= 15 is 0 Å². The standard InChI is InChI=1S/C16H19N3O3/c1-18-8-6-11(10-18)17-14(20)7-9-19-15(21)12-4-2-3-5-13(12)16(19)22/h2-5,11H,6-10H2,1H3,(H,17,20). The van der Waals surface area contributed by atoms with Crippen LogP contribution in [0, 0.1) is 0 Å². The summed E-state index contributed by atoms with van der Waals surface area (Å²) < 4.78 is 0. The molecule has 116 valence electrons. The topological polar surface area (TPSA) is 69.7 Å². The molecule has 0 aliphatic carbocycles. The van der Waals surface area contributed by atoms with Crippen molar-refractivity contribution in [2.24, 2.45) is 0 Å². The Labute approximate surface area is 129 Å². The first kappa shape index (κ1) is 14.7. The summed E-state index contributed by atoms with van der Waals surface area (Å²) >= 11 is 0. The molecule has 3 amide bonds. The van der Waals surface area contributed by atoms with Crippen molar-refractivity contribution < 1.29 is 14.4 Å². The minimum absolute atomic E-state index is 0.114. The first-order valence-electron chi connectivity index (χ1n) is 7.49. The van der Waals surface area contributed by atoms with Crippen molar-refractivity contribution in [3.63, 3.8) is 0 Å². The number of carbonyl (C=O) groups excluding carboxylic acids is 3. The van der Waals surface area contributed by atoms with E-state index in [4.69, 9.17) is 0 Å². The van der Waals surface area contributed by atoms with Crippen LogP contribution in [0.15, 0.2) is 24.3 Å². The van der Waals surface area contributed by atoms with Gasteiger partial charge in [0, 0.05) is 25.6 Å². The van der Waals surface area contributed by atoms with Crippen LogP contribution < -0.4 is 5.32 Å². The van der Waals surface area contributed by atoms with E-state index in [-0.39, 0.29) is 36.7 Å². The van der Waals surface area contributed by atoms with E-state index in [9.17, 15) is 14.4 Å². The second kappa shape index (κ2) is 5.88. The Morgan fingerprint density at radius 1 is 1.23 bits per heavy atom. The number of hydrogen-bond acceptors (Lipinski definition) is 4. The van der Waals surface area contributed by atoms with Gasteiger partial charge in [-0.25, -0.2) is 0 Å². The first-order chi connectivity index (χ1) is 10.6. The fraction of sp³-hybridized carbons (Fsp3) is 0.438. The number of benzene rings is 1. The highest BCUT2D eigenvalue weighted by molar-refractivity contribution is 6.21. The molecule has 2 aliphatic heterocycles. The van der Waals surface area contributed by atoms with Gasteiger partial charge in [-0.2, -0.15) is 0 Å². The van der Waals surface area contributed by atoms with Gasteiger partial charge in [-0.3, -0.25) is 19.3 Å². The molecule has 1 atom stereocenters. The van der Waals surface area contributed by atoms with Crippen LogP contribution >= 0.6 is 0 Å². The third-order valence-electron chi connectivity index (χ3n) is 4.20. The van der Waals surface area contributed by atoms with Crippen LogP contribution in [-0.4, -0.2) is 60.2 Å². The number of likely N-dealkylation sites (tertiary alicyclic amines) is 1. The van der Waals surface area contributed by atoms with E-state index in [0.29, 0.717) is 11.1 Å². The van der Waals surface area contributed by atoms with E-state index in [0.717, 1.165) is 24.4 Å². The first-order valence-corrected chi connectivity index (χ1v) is 7.49. The summed E-state index contributed by atoms with van der Waals surface area (Å²) in [6, 6.07) is 6.92. The number of nitrogens with zero attached hydrogens (tertiary/aromatic N) is 2. The zero-order valence-corrected chi connectivity index (χ0v) is 12.5. The molecule has 6 heteroatoms. The van der Waals surface area contributed by atoms with Crippen LogP contribution in [0.4, 0.5) is 0 Å². The van der Waals surface area contributed by atoms with E-state index in [1.165, 1.54) is 0 Å². The van der Waals surface area contributed by atoms with Crippen molar-refractivity contribution in [2.75, 3.05) is 26.7 Å². The Morgan fingerprint density at radius 3 is 2.41 bits per heavy atom. The van der Waals surface area contributed by atoms with Crippen molar-refractivity contribution in [2.45, 2.75) is 18.9 Å². The van der Waals surface area contributed by atoms with Gasteiger partial charge in [0.05, 0.1) is 11.1 Å². The molecule has 22 heavy (non-hydrogen) atoms. The van der Waals surface area contributed by atoms with Crippen LogP contribution in [0.5, 0.6) is 0 Å². The number of nitrogens with one attached hydrogen (secondary N) is 1. The number of carbonyl (C=O) groups is 3. The number of likely N-dealkylation sites (N-methyl/N-ethyl adjacent to an activating group) is 1. The number of rotatable bonds is 4. The number of hydrogen-bond donors (Lipinski definition) is 1. The Morgan fingerprint density at radius 2 is 1.86 bits per heavy atom. The highest BCUT2D eigenvalue weighted by atomic mass is 16.2. The lowest BCUT2D eigenvalue weighted by molar-refractivity contribution is -0.121. The third kappa shape index (κ3) is 2.74. The number of imide groups is 1. The summed E-state index contributed by atoms with van der Waals surface area (Å²) in [5.41, 5.74) is 0.843. The van der Waals surface area contributed by atoms with E-state index in [1.807, 2.05) is 7.05 Å². The van der Waals surface area contributed by atoms with Crippen LogP contribution in [0.3, 0.4) is 0 Å². The van der Waals surface area contributed by atoms with Crippen molar-refractivity contribution in [3.05, 3.63) is 35.4 Å². The molecule has 1 aromatic rings. The molecule has 2 aliphatic rings. The van der Waals surface area contributed by atoms with Gasteiger partial charge in [-0.1, -0.05) is 12.1 Å². The average molecular weight is 301 g/mol. The van der Waals surface area contributed by atoms with Crippen LogP contribution in [0.2, 0.25) is 0 Å². The maximum atomic E-state index is 12.2. The van der Waals surface area contributed by atoms with Gasteiger partial charge in [-0.05, 0) is 32.1 Å². The molecule has 6 nitrogen and oxygen atoms in total. The Bertz CT molecular complexity index is 594. The van der Waals surface area contributed by atoms with Gasteiger partial charge < -0.3 is 10.2 Å². The number of amides is 3. The molecule has 1 unspecified atom stereocenters. The summed E-state index contributed by atoms with van der Waals surface area (Å²) in [4.78, 5) is 39.6. The third-order valence-corrected chi connectivity index (χ3v) is 4.20. The lowest BCUT2D eigenvalue weighted by Gasteiger charge is -2.16. The summed E-state index contributed by atoms with van der Waals surface area (Å²) in [6.45, 7) is 1.95. The molecule has 1 N–H and O–H groups in total. The average Bonchev–Trinajstić information content (AvgIpc) is 3.01. The Kier molecular flexibility index (Phi) is 3.94. The Balaban J connectivity index is 1.55. The van der Waals surface area contributed by atoms with Gasteiger partial charge in [0.1, 0.15) is 0 Å². The lowest BCUT2D eigenvalue weighted by atomic mass is 10.1. The molecule has 0 bridgehead atoms. The minimum Gasteiger partial charge on any atom is -0.352 e. The quantitative estimate of drug-likeness (QED) is 0.822. The smallest absolute Gasteiger partial charge is 0.261 e. The molecule has 0 aromatic heterocycles. The SMILES string of the molecule is CN1CCC(NC(=O)CCN2C(=O)c3ccccc3C2=O)C1. The molecule has 0 saturated carbocycles. The van der Waals surface area contributed by atoms with Crippen molar-refractivity contribution in [1.29, 1.82) is 0 Å². The highest BCUT2D eigenvalue weighted by Crippen LogP contribution is 2.22. The molecule has 1 fully saturated rings. The van der Waals surface area contributed by atoms with Gasteiger partial charge in [-0.15, -0.1) is 0 Å². The van der Waals surface area contributed by atoms with Crippen LogP contribution in [0.25, 0.3) is 0 Å². The maximum absolute atomic E-state index is 12.2. The van der Waals surface area contributed by atoms with E-state index < -0.39 is 0 Å². The van der Waals surface area contributed by atoms with E-state index in [2.05, 4.69) is 10.2 Å². The molecule has 1 saturated heterocycles. The van der Waals surface area contributed by atoms with Gasteiger partial charge in [0.2, 0.25) is 5.91 Å². The molecular weight excluding hydrogens is 282 g/mol. The number of fused-ring (bicyclic) bond motifs is 1. The Hall–Kier alpha value is -2.21. The molecule has 0 radical (unpaired) electrons. The summed E-state index contributed by atoms with van der Waals surface area (Å²) in [6.07, 6.45) is 1.08. The van der Waals surface area contributed by atoms with Crippen molar-refractivity contribution >= 4 is 17.7 Å². The van der Waals surface area contributed by atoms with Crippen LogP contribution in [-0.2, 0) is 4.79 Å². The van der Waals surface area contributed by atoms with E-state index in [1.54, 1.807) is 24.3 Å². The molecule has 0 spiro atoms. The predicted molar refractivity (Wildman–Crippen MR) is 80.5 cm³/mol. The zero-order chi connectivity index (χ0) is 15.7. The fourth-order valence-electron chi connectivity index (χ4n) is 3.01. The summed E-state index contributed by atoms with van der Waals surface area (Å²) in [5, 5.41) is 2.95. The summed E-state index contributed by atoms with van der Waals surface area (Å²) in [7, 11) is 2.02. The maximum Gasteiger partial charge on any atom is 0.261 e. The van der Waals surface area contributed by atoms with Gasteiger partial charge in [0.15, 0.2) is 0 Å². The van der Waals surface area contributed by atoms with Crippen molar-refractivity contribution in [1.82, 2.24) is 15.1 Å². The second-order valence-electron chi connectivity index (χ2n) is 5.87. The highest BCUT2D eigenvalue weighted by Gasteiger charge is 2.35.